The zero-order valence-electron chi connectivity index (χ0n) is 13.9. The number of hydrogen-bond acceptors (Lipinski definition) is 4. The first kappa shape index (κ1) is 16.8. The number of rotatable bonds is 6. The molecule has 4 rings (SSSR count). The molecule has 3 aromatic rings. The van der Waals surface area contributed by atoms with Crippen molar-refractivity contribution in [2.45, 2.75) is 23.7 Å². The fourth-order valence-corrected chi connectivity index (χ4v) is 3.32. The molecule has 0 unspecified atom stereocenters. The molecule has 1 aromatic heterocycles. The van der Waals surface area contributed by atoms with Crippen LogP contribution in [0.1, 0.15) is 24.6 Å². The van der Waals surface area contributed by atoms with Crippen LogP contribution in [0.3, 0.4) is 0 Å². The molecule has 0 radical (unpaired) electrons. The van der Waals surface area contributed by atoms with Crippen molar-refractivity contribution < 1.29 is 9.18 Å². The molecule has 7 heteroatoms. The van der Waals surface area contributed by atoms with Gasteiger partial charge in [-0.15, -0.1) is 11.8 Å². The third kappa shape index (κ3) is 3.94. The summed E-state index contributed by atoms with van der Waals surface area (Å²) in [5.74, 6) is 1.69. The van der Waals surface area contributed by atoms with E-state index in [1.54, 1.807) is 18.2 Å². The molecule has 1 saturated carbocycles. The molecule has 2 aromatic carbocycles. The SMILES string of the molecule is O=C(CSc1ccccc1F)Nc1cccc(-c2n[nH]c(C3CC3)n2)c1. The van der Waals surface area contributed by atoms with Crippen molar-refractivity contribution in [3.63, 3.8) is 0 Å². The minimum atomic E-state index is -0.316. The number of carbonyl (C=O) groups is 1. The van der Waals surface area contributed by atoms with E-state index in [2.05, 4.69) is 20.5 Å². The quantitative estimate of drug-likeness (QED) is 0.639. The highest BCUT2D eigenvalue weighted by molar-refractivity contribution is 8.00. The van der Waals surface area contributed by atoms with Gasteiger partial charge in [-0.3, -0.25) is 9.89 Å². The van der Waals surface area contributed by atoms with Crippen molar-refractivity contribution in [2.75, 3.05) is 11.1 Å². The van der Waals surface area contributed by atoms with Crippen molar-refractivity contribution in [3.05, 3.63) is 60.2 Å². The Morgan fingerprint density at radius 2 is 2.08 bits per heavy atom. The summed E-state index contributed by atoms with van der Waals surface area (Å²) in [4.78, 5) is 17.1. The zero-order valence-corrected chi connectivity index (χ0v) is 14.7. The molecule has 1 heterocycles. The van der Waals surface area contributed by atoms with Gasteiger partial charge in [0.1, 0.15) is 11.6 Å². The van der Waals surface area contributed by atoms with Crippen LogP contribution in [-0.2, 0) is 4.79 Å². The first-order chi connectivity index (χ1) is 12.7. The number of anilines is 1. The molecular formula is C19H17FN4OS. The molecule has 1 aliphatic rings. The Balaban J connectivity index is 1.39. The predicted molar refractivity (Wildman–Crippen MR) is 99.5 cm³/mol. The van der Waals surface area contributed by atoms with Crippen LogP contribution in [-0.4, -0.2) is 26.8 Å². The number of nitrogens with one attached hydrogen (secondary N) is 2. The average Bonchev–Trinajstić information content (AvgIpc) is 3.38. The Hall–Kier alpha value is -2.67. The van der Waals surface area contributed by atoms with Crippen molar-refractivity contribution in [3.8, 4) is 11.4 Å². The lowest BCUT2D eigenvalue weighted by Crippen LogP contribution is -2.14. The van der Waals surface area contributed by atoms with Crippen molar-refractivity contribution in [1.82, 2.24) is 15.2 Å². The van der Waals surface area contributed by atoms with E-state index in [0.29, 0.717) is 22.3 Å². The summed E-state index contributed by atoms with van der Waals surface area (Å²) in [5, 5.41) is 10.1. The summed E-state index contributed by atoms with van der Waals surface area (Å²) in [6.07, 6.45) is 2.31. The van der Waals surface area contributed by atoms with Crippen LogP contribution in [0.2, 0.25) is 0 Å². The normalized spacial score (nSPS) is 13.6. The highest BCUT2D eigenvalue weighted by atomic mass is 32.2. The van der Waals surface area contributed by atoms with Crippen LogP contribution in [0.5, 0.6) is 0 Å². The maximum atomic E-state index is 13.6. The first-order valence-electron chi connectivity index (χ1n) is 8.39. The average molecular weight is 368 g/mol. The van der Waals surface area contributed by atoms with Crippen LogP contribution in [0.15, 0.2) is 53.4 Å². The monoisotopic (exact) mass is 368 g/mol. The summed E-state index contributed by atoms with van der Waals surface area (Å²) >= 11 is 1.17. The molecule has 0 bridgehead atoms. The Bertz CT molecular complexity index is 939. The van der Waals surface area contributed by atoms with Gasteiger partial charge >= 0.3 is 0 Å². The van der Waals surface area contributed by atoms with Gasteiger partial charge in [0.05, 0.1) is 5.75 Å². The molecule has 132 valence electrons. The fourth-order valence-electron chi connectivity index (χ4n) is 2.58. The standard InChI is InChI=1S/C19H17FN4OS/c20-15-6-1-2-7-16(15)26-11-17(25)21-14-5-3-4-13(10-14)19-22-18(23-24-19)12-8-9-12/h1-7,10,12H,8-9,11H2,(H,21,25)(H,22,23,24). The summed E-state index contributed by atoms with van der Waals surface area (Å²) in [6.45, 7) is 0. The lowest BCUT2D eigenvalue weighted by atomic mass is 10.2. The summed E-state index contributed by atoms with van der Waals surface area (Å²) < 4.78 is 13.6. The number of carbonyl (C=O) groups excluding carboxylic acids is 1. The topological polar surface area (TPSA) is 70.7 Å². The van der Waals surface area contributed by atoms with E-state index in [9.17, 15) is 9.18 Å². The van der Waals surface area contributed by atoms with Crippen LogP contribution >= 0.6 is 11.8 Å². The number of H-pyrrole nitrogens is 1. The van der Waals surface area contributed by atoms with Gasteiger partial charge in [0.15, 0.2) is 5.82 Å². The number of benzene rings is 2. The number of thioether (sulfide) groups is 1. The maximum Gasteiger partial charge on any atom is 0.234 e. The highest BCUT2D eigenvalue weighted by Gasteiger charge is 2.27. The van der Waals surface area contributed by atoms with Gasteiger partial charge in [0.25, 0.3) is 0 Å². The van der Waals surface area contributed by atoms with Gasteiger partial charge in [-0.25, -0.2) is 9.37 Å². The summed E-state index contributed by atoms with van der Waals surface area (Å²) in [6, 6.07) is 13.8. The molecule has 1 aliphatic carbocycles. The number of aromatic nitrogens is 3. The van der Waals surface area contributed by atoms with Crippen molar-refractivity contribution in [2.24, 2.45) is 0 Å². The largest absolute Gasteiger partial charge is 0.325 e. The van der Waals surface area contributed by atoms with E-state index in [4.69, 9.17) is 0 Å². The van der Waals surface area contributed by atoms with Gasteiger partial charge in [-0.05, 0) is 37.1 Å². The lowest BCUT2D eigenvalue weighted by Gasteiger charge is -2.07. The highest BCUT2D eigenvalue weighted by Crippen LogP contribution is 2.38. The van der Waals surface area contributed by atoms with E-state index < -0.39 is 0 Å². The molecule has 0 aliphatic heterocycles. The van der Waals surface area contributed by atoms with Gasteiger partial charge in [-0.2, -0.15) is 5.10 Å². The fraction of sp³-hybridized carbons (Fsp3) is 0.211. The number of aromatic amines is 1. The minimum absolute atomic E-state index is 0.137. The van der Waals surface area contributed by atoms with E-state index in [-0.39, 0.29) is 17.5 Å². The van der Waals surface area contributed by atoms with Crippen molar-refractivity contribution in [1.29, 1.82) is 0 Å². The number of halogens is 1. The molecule has 0 saturated heterocycles. The molecule has 2 N–H and O–H groups in total. The molecule has 26 heavy (non-hydrogen) atoms. The second-order valence-electron chi connectivity index (χ2n) is 6.17. The predicted octanol–water partition coefficient (Wildman–Crippen LogP) is 4.22. The van der Waals surface area contributed by atoms with Crippen molar-refractivity contribution >= 4 is 23.4 Å². The Kier molecular flexibility index (Phi) is 4.71. The summed E-state index contributed by atoms with van der Waals surface area (Å²) in [5.41, 5.74) is 1.51. The van der Waals surface area contributed by atoms with Gasteiger partial charge in [-0.1, -0.05) is 24.3 Å². The third-order valence-electron chi connectivity index (χ3n) is 4.07. The van der Waals surface area contributed by atoms with Crippen LogP contribution in [0, 0.1) is 5.82 Å². The van der Waals surface area contributed by atoms with Crippen LogP contribution < -0.4 is 5.32 Å². The second kappa shape index (κ2) is 7.29. The Labute approximate surface area is 154 Å². The van der Waals surface area contributed by atoms with Gasteiger partial charge in [0, 0.05) is 22.1 Å². The van der Waals surface area contributed by atoms with E-state index in [1.807, 2.05) is 24.3 Å². The Morgan fingerprint density at radius 3 is 2.88 bits per heavy atom. The summed E-state index contributed by atoms with van der Waals surface area (Å²) in [7, 11) is 0. The number of amides is 1. The van der Waals surface area contributed by atoms with E-state index in [1.165, 1.54) is 17.8 Å². The lowest BCUT2D eigenvalue weighted by molar-refractivity contribution is -0.113. The molecule has 5 nitrogen and oxygen atoms in total. The van der Waals surface area contributed by atoms with E-state index in [0.717, 1.165) is 24.2 Å². The molecule has 0 spiro atoms. The molecule has 1 amide bonds. The van der Waals surface area contributed by atoms with E-state index >= 15 is 0 Å². The smallest absolute Gasteiger partial charge is 0.234 e. The molecule has 1 fully saturated rings. The van der Waals surface area contributed by atoms with Gasteiger partial charge in [0.2, 0.25) is 5.91 Å². The second-order valence-corrected chi connectivity index (χ2v) is 7.18. The maximum absolute atomic E-state index is 13.6. The molecule has 0 atom stereocenters. The first-order valence-corrected chi connectivity index (χ1v) is 9.37. The minimum Gasteiger partial charge on any atom is -0.325 e. The Morgan fingerprint density at radius 1 is 1.23 bits per heavy atom. The molecular weight excluding hydrogens is 351 g/mol. The van der Waals surface area contributed by atoms with Gasteiger partial charge < -0.3 is 5.32 Å². The zero-order chi connectivity index (χ0) is 17.9. The van der Waals surface area contributed by atoms with Crippen LogP contribution in [0.25, 0.3) is 11.4 Å². The third-order valence-corrected chi connectivity index (χ3v) is 5.12. The van der Waals surface area contributed by atoms with Crippen LogP contribution in [0.4, 0.5) is 10.1 Å². The number of hydrogen-bond donors (Lipinski definition) is 2. The number of nitrogens with zero attached hydrogens (tertiary/aromatic N) is 2.